The molecule has 1 aromatic carbocycles. The maximum absolute atomic E-state index is 13.0. The van der Waals surface area contributed by atoms with E-state index in [0.29, 0.717) is 6.54 Å². The van der Waals surface area contributed by atoms with Crippen LogP contribution < -0.4 is 5.32 Å². The van der Waals surface area contributed by atoms with Crippen molar-refractivity contribution in [3.05, 3.63) is 47.0 Å². The molecule has 0 unspecified atom stereocenters. The van der Waals surface area contributed by atoms with Crippen LogP contribution in [0, 0.1) is 24.4 Å². The molecule has 18 heavy (non-hydrogen) atoms. The number of anilines is 1. The highest BCUT2D eigenvalue weighted by molar-refractivity contribution is 5.44. The summed E-state index contributed by atoms with van der Waals surface area (Å²) in [6.45, 7) is 2.25. The van der Waals surface area contributed by atoms with E-state index >= 15 is 0 Å². The fourth-order valence-electron chi connectivity index (χ4n) is 1.57. The quantitative estimate of drug-likeness (QED) is 0.855. The van der Waals surface area contributed by atoms with Gasteiger partial charge in [-0.05, 0) is 6.92 Å². The minimum atomic E-state index is -1.46. The van der Waals surface area contributed by atoms with Crippen LogP contribution in [0.2, 0.25) is 0 Å². The van der Waals surface area contributed by atoms with Crippen molar-refractivity contribution in [2.24, 2.45) is 7.05 Å². The van der Waals surface area contributed by atoms with Gasteiger partial charge in [-0.25, -0.2) is 13.2 Å². The molecule has 0 radical (unpaired) electrons. The van der Waals surface area contributed by atoms with E-state index in [1.165, 1.54) is 0 Å². The SMILES string of the molecule is Cc1c(CNc2cc(F)c(F)c(F)c2)cnn1C. The molecule has 0 aliphatic heterocycles. The lowest BCUT2D eigenvalue weighted by Gasteiger charge is -2.07. The predicted molar refractivity (Wildman–Crippen MR) is 61.6 cm³/mol. The lowest BCUT2D eigenvalue weighted by molar-refractivity contribution is 0.447. The molecular weight excluding hydrogens is 243 g/mol. The van der Waals surface area contributed by atoms with Crippen molar-refractivity contribution in [3.8, 4) is 0 Å². The van der Waals surface area contributed by atoms with Gasteiger partial charge in [0.05, 0.1) is 6.20 Å². The van der Waals surface area contributed by atoms with Crippen molar-refractivity contribution >= 4 is 5.69 Å². The molecule has 0 atom stereocenters. The van der Waals surface area contributed by atoms with Gasteiger partial charge in [-0.1, -0.05) is 0 Å². The molecule has 0 fully saturated rings. The predicted octanol–water partition coefficient (Wildman–Crippen LogP) is 2.76. The molecule has 0 saturated carbocycles. The van der Waals surface area contributed by atoms with Gasteiger partial charge >= 0.3 is 0 Å². The zero-order valence-electron chi connectivity index (χ0n) is 9.97. The summed E-state index contributed by atoms with van der Waals surface area (Å²) in [7, 11) is 1.80. The Morgan fingerprint density at radius 2 is 1.83 bits per heavy atom. The van der Waals surface area contributed by atoms with Gasteiger partial charge < -0.3 is 5.32 Å². The van der Waals surface area contributed by atoms with Crippen LogP contribution in [0.15, 0.2) is 18.3 Å². The first-order chi connectivity index (χ1) is 8.49. The van der Waals surface area contributed by atoms with Crippen molar-refractivity contribution in [1.82, 2.24) is 9.78 Å². The van der Waals surface area contributed by atoms with Crippen LogP contribution in [0.3, 0.4) is 0 Å². The molecule has 0 saturated heterocycles. The van der Waals surface area contributed by atoms with Crippen molar-refractivity contribution < 1.29 is 13.2 Å². The molecule has 1 aromatic heterocycles. The molecular formula is C12H12F3N3. The topological polar surface area (TPSA) is 29.9 Å². The van der Waals surface area contributed by atoms with Crippen LogP contribution in [0.25, 0.3) is 0 Å². The monoisotopic (exact) mass is 255 g/mol. The molecule has 0 aliphatic carbocycles. The highest BCUT2D eigenvalue weighted by Crippen LogP contribution is 2.18. The van der Waals surface area contributed by atoms with Gasteiger partial charge in [0.15, 0.2) is 17.5 Å². The number of hydrogen-bond donors (Lipinski definition) is 1. The average Bonchev–Trinajstić information content (AvgIpc) is 2.64. The van der Waals surface area contributed by atoms with E-state index in [0.717, 1.165) is 23.4 Å². The summed E-state index contributed by atoms with van der Waals surface area (Å²) in [6, 6.07) is 1.84. The third-order valence-electron chi connectivity index (χ3n) is 2.80. The minimum Gasteiger partial charge on any atom is -0.381 e. The molecule has 0 amide bonds. The second-order valence-corrected chi connectivity index (χ2v) is 3.99. The van der Waals surface area contributed by atoms with E-state index in [4.69, 9.17) is 0 Å². The normalized spacial score (nSPS) is 10.7. The lowest BCUT2D eigenvalue weighted by Crippen LogP contribution is -2.03. The Labute approximate surface area is 102 Å². The molecule has 0 aliphatic rings. The summed E-state index contributed by atoms with van der Waals surface area (Å²) in [4.78, 5) is 0. The van der Waals surface area contributed by atoms with Crippen LogP contribution >= 0.6 is 0 Å². The first-order valence-electron chi connectivity index (χ1n) is 5.35. The number of aryl methyl sites for hydroxylation is 1. The third-order valence-corrected chi connectivity index (χ3v) is 2.80. The first kappa shape index (κ1) is 12.5. The standard InChI is InChI=1S/C12H12F3N3/c1-7-8(6-17-18(7)2)5-16-9-3-10(13)12(15)11(14)4-9/h3-4,6,16H,5H2,1-2H3. The Kier molecular flexibility index (Phi) is 3.27. The summed E-state index contributed by atoms with van der Waals surface area (Å²) >= 11 is 0. The molecule has 1 N–H and O–H groups in total. The summed E-state index contributed by atoms with van der Waals surface area (Å²) in [5.74, 6) is -3.88. The van der Waals surface area contributed by atoms with E-state index in [1.807, 2.05) is 6.92 Å². The van der Waals surface area contributed by atoms with Crippen molar-refractivity contribution in [2.75, 3.05) is 5.32 Å². The van der Waals surface area contributed by atoms with Gasteiger partial charge in [0, 0.05) is 42.7 Å². The van der Waals surface area contributed by atoms with E-state index in [-0.39, 0.29) is 5.69 Å². The summed E-state index contributed by atoms with van der Waals surface area (Å²) in [6.07, 6.45) is 1.67. The number of hydrogen-bond acceptors (Lipinski definition) is 2. The van der Waals surface area contributed by atoms with E-state index in [9.17, 15) is 13.2 Å². The number of aromatic nitrogens is 2. The molecule has 6 heteroatoms. The Morgan fingerprint density at radius 1 is 1.22 bits per heavy atom. The second-order valence-electron chi connectivity index (χ2n) is 3.99. The lowest BCUT2D eigenvalue weighted by atomic mass is 10.2. The Bertz CT molecular complexity index is 555. The minimum absolute atomic E-state index is 0.189. The van der Waals surface area contributed by atoms with Gasteiger partial charge in [0.1, 0.15) is 0 Å². The number of rotatable bonds is 3. The van der Waals surface area contributed by atoms with Crippen LogP contribution in [0.4, 0.5) is 18.9 Å². The fourth-order valence-corrected chi connectivity index (χ4v) is 1.57. The molecule has 2 rings (SSSR count). The van der Waals surface area contributed by atoms with Crippen molar-refractivity contribution in [1.29, 1.82) is 0 Å². The molecule has 2 aromatic rings. The highest BCUT2D eigenvalue weighted by Gasteiger charge is 2.11. The zero-order valence-corrected chi connectivity index (χ0v) is 9.97. The highest BCUT2D eigenvalue weighted by atomic mass is 19.2. The average molecular weight is 255 g/mol. The first-order valence-corrected chi connectivity index (χ1v) is 5.35. The van der Waals surface area contributed by atoms with Gasteiger partial charge in [-0.3, -0.25) is 4.68 Å². The smallest absolute Gasteiger partial charge is 0.194 e. The van der Waals surface area contributed by atoms with Gasteiger partial charge in [0.2, 0.25) is 0 Å². The third kappa shape index (κ3) is 2.32. The Morgan fingerprint density at radius 3 is 2.33 bits per heavy atom. The van der Waals surface area contributed by atoms with Gasteiger partial charge in [-0.15, -0.1) is 0 Å². The summed E-state index contributed by atoms with van der Waals surface area (Å²) in [5.41, 5.74) is 2.04. The summed E-state index contributed by atoms with van der Waals surface area (Å²) in [5, 5.41) is 6.87. The van der Waals surface area contributed by atoms with Crippen molar-refractivity contribution in [2.45, 2.75) is 13.5 Å². The largest absolute Gasteiger partial charge is 0.381 e. The molecule has 0 bridgehead atoms. The number of nitrogens with zero attached hydrogens (tertiary/aromatic N) is 2. The fraction of sp³-hybridized carbons (Fsp3) is 0.250. The molecule has 0 spiro atoms. The van der Waals surface area contributed by atoms with Crippen LogP contribution in [0.1, 0.15) is 11.3 Å². The molecule has 1 heterocycles. The number of halogens is 3. The Balaban J connectivity index is 2.13. The van der Waals surface area contributed by atoms with Gasteiger partial charge in [-0.2, -0.15) is 5.10 Å². The van der Waals surface area contributed by atoms with Gasteiger partial charge in [0.25, 0.3) is 0 Å². The maximum atomic E-state index is 13.0. The van der Waals surface area contributed by atoms with E-state index < -0.39 is 17.5 Å². The summed E-state index contributed by atoms with van der Waals surface area (Å²) < 4.78 is 40.4. The van der Waals surface area contributed by atoms with E-state index in [1.54, 1.807) is 17.9 Å². The van der Waals surface area contributed by atoms with Crippen LogP contribution in [0.5, 0.6) is 0 Å². The number of benzene rings is 1. The van der Waals surface area contributed by atoms with Crippen molar-refractivity contribution in [3.63, 3.8) is 0 Å². The molecule has 3 nitrogen and oxygen atoms in total. The maximum Gasteiger partial charge on any atom is 0.194 e. The zero-order chi connectivity index (χ0) is 13.3. The Hall–Kier alpha value is -1.98. The van der Waals surface area contributed by atoms with Crippen LogP contribution in [-0.2, 0) is 13.6 Å². The second kappa shape index (κ2) is 4.72. The number of nitrogens with one attached hydrogen (secondary N) is 1. The molecule has 96 valence electrons. The van der Waals surface area contributed by atoms with Crippen LogP contribution in [-0.4, -0.2) is 9.78 Å². The van der Waals surface area contributed by atoms with E-state index in [2.05, 4.69) is 10.4 Å².